The fraction of sp³-hybridized carbons (Fsp3) is 0.143. The van der Waals surface area contributed by atoms with Crippen molar-refractivity contribution in [1.29, 1.82) is 0 Å². The maximum absolute atomic E-state index is 10.6. The van der Waals surface area contributed by atoms with Gasteiger partial charge in [-0.25, -0.2) is 0 Å². The Bertz CT molecular complexity index is 443. The van der Waals surface area contributed by atoms with Crippen LogP contribution >= 0.6 is 11.3 Å². The minimum Gasteiger partial charge on any atom is -0.358 e. The number of nitrogens with zero attached hydrogens (tertiary/aromatic N) is 2. The first-order valence-electron chi connectivity index (χ1n) is 3.39. The third-order valence-electron chi connectivity index (χ3n) is 1.73. The summed E-state index contributed by atoms with van der Waals surface area (Å²) in [5.74, 6) is 0.172. The van der Waals surface area contributed by atoms with Crippen molar-refractivity contribution in [3.05, 3.63) is 33.3 Å². The van der Waals surface area contributed by atoms with E-state index in [1.54, 1.807) is 17.5 Å². The molecular weight excluding hydrogens is 176 g/mol. The van der Waals surface area contributed by atoms with Crippen molar-refractivity contribution >= 4 is 22.0 Å². The number of aryl methyl sites for hydroxylation is 1. The quantitative estimate of drug-likeness (QED) is 0.501. The summed E-state index contributed by atoms with van der Waals surface area (Å²) in [5, 5.41) is 12.4. The van der Waals surface area contributed by atoms with Gasteiger partial charge in [-0.3, -0.25) is 0 Å². The van der Waals surface area contributed by atoms with Gasteiger partial charge in [-0.2, -0.15) is 4.40 Å². The monoisotopic (exact) mass is 182 g/mol. The highest BCUT2D eigenvalue weighted by Crippen LogP contribution is 2.25. The first kappa shape index (κ1) is 7.30. The molecular formula is C7H6N2O2S. The Morgan fingerprint density at radius 2 is 2.42 bits per heavy atom. The van der Waals surface area contributed by atoms with Crippen molar-refractivity contribution in [2.75, 3.05) is 0 Å². The molecule has 12 heavy (non-hydrogen) atoms. The summed E-state index contributed by atoms with van der Waals surface area (Å²) in [7, 11) is 0. The standard InChI is InChI=1S/C7H6N2O2S/c1-5-4-6-8(2-3-12-6)7(5)9(10)11/h2-4H,1H3. The summed E-state index contributed by atoms with van der Waals surface area (Å²) < 4.78 is 1.60. The molecule has 0 amide bonds. The van der Waals surface area contributed by atoms with Gasteiger partial charge >= 0.3 is 5.82 Å². The number of fused-ring (bicyclic) bond motifs is 1. The number of thiazole rings is 1. The number of nitro groups is 1. The molecule has 0 spiro atoms. The van der Waals surface area contributed by atoms with Crippen molar-refractivity contribution in [3.63, 3.8) is 0 Å². The molecule has 0 bridgehead atoms. The second-order valence-electron chi connectivity index (χ2n) is 2.52. The number of hydrogen-bond acceptors (Lipinski definition) is 3. The molecule has 0 saturated heterocycles. The highest BCUT2D eigenvalue weighted by atomic mass is 32.1. The van der Waals surface area contributed by atoms with E-state index in [-0.39, 0.29) is 10.7 Å². The Labute approximate surface area is 72.2 Å². The summed E-state index contributed by atoms with van der Waals surface area (Å²) in [4.78, 5) is 11.1. The second-order valence-corrected chi connectivity index (χ2v) is 3.45. The van der Waals surface area contributed by atoms with Crippen LogP contribution in [0.15, 0.2) is 17.6 Å². The summed E-state index contributed by atoms with van der Waals surface area (Å²) in [6, 6.07) is 1.82. The van der Waals surface area contributed by atoms with E-state index in [9.17, 15) is 10.1 Å². The fourth-order valence-corrected chi connectivity index (χ4v) is 2.07. The SMILES string of the molecule is Cc1cc2sccn2c1[N+](=O)[O-]. The van der Waals surface area contributed by atoms with Crippen molar-refractivity contribution in [2.24, 2.45) is 0 Å². The lowest BCUT2D eigenvalue weighted by Gasteiger charge is -1.91. The fourth-order valence-electron chi connectivity index (χ4n) is 1.24. The molecule has 0 aliphatic rings. The van der Waals surface area contributed by atoms with Gasteiger partial charge in [0.15, 0.2) is 4.83 Å². The summed E-state index contributed by atoms with van der Waals surface area (Å²) in [5.41, 5.74) is 0.715. The lowest BCUT2D eigenvalue weighted by Crippen LogP contribution is -1.93. The number of aromatic nitrogens is 1. The first-order chi connectivity index (χ1) is 5.70. The van der Waals surface area contributed by atoms with Crippen LogP contribution in [0, 0.1) is 17.0 Å². The lowest BCUT2D eigenvalue weighted by atomic mass is 10.4. The van der Waals surface area contributed by atoms with Gasteiger partial charge < -0.3 is 10.1 Å². The molecule has 2 heterocycles. The van der Waals surface area contributed by atoms with E-state index >= 15 is 0 Å². The van der Waals surface area contributed by atoms with Crippen LogP contribution in [0.4, 0.5) is 5.82 Å². The Hall–Kier alpha value is -1.36. The largest absolute Gasteiger partial charge is 0.358 e. The van der Waals surface area contributed by atoms with Gasteiger partial charge in [0.05, 0.1) is 0 Å². The average Bonchev–Trinajstić information content (AvgIpc) is 2.44. The Balaban J connectivity index is 2.84. The minimum atomic E-state index is -0.352. The van der Waals surface area contributed by atoms with Crippen LogP contribution in [0.1, 0.15) is 5.56 Å². The van der Waals surface area contributed by atoms with Crippen LogP contribution < -0.4 is 0 Å². The molecule has 0 saturated carbocycles. The normalized spacial score (nSPS) is 10.8. The molecule has 4 nitrogen and oxygen atoms in total. The zero-order valence-electron chi connectivity index (χ0n) is 6.35. The minimum absolute atomic E-state index is 0.172. The molecule has 62 valence electrons. The molecule has 0 aliphatic carbocycles. The molecule has 2 rings (SSSR count). The molecule has 0 N–H and O–H groups in total. The van der Waals surface area contributed by atoms with E-state index in [0.29, 0.717) is 5.56 Å². The van der Waals surface area contributed by atoms with Gasteiger partial charge in [-0.05, 0) is 11.8 Å². The van der Waals surface area contributed by atoms with Crippen molar-refractivity contribution in [3.8, 4) is 0 Å². The molecule has 5 heteroatoms. The highest BCUT2D eigenvalue weighted by molar-refractivity contribution is 7.15. The van der Waals surface area contributed by atoms with Gasteiger partial charge in [-0.1, -0.05) is 11.3 Å². The van der Waals surface area contributed by atoms with Gasteiger partial charge in [-0.15, -0.1) is 0 Å². The molecule has 2 aromatic heterocycles. The average molecular weight is 182 g/mol. The Kier molecular flexibility index (Phi) is 1.41. The number of hydrogen-bond donors (Lipinski definition) is 0. The topological polar surface area (TPSA) is 47.5 Å². The van der Waals surface area contributed by atoms with E-state index in [2.05, 4.69) is 0 Å². The van der Waals surface area contributed by atoms with Gasteiger partial charge in [0.2, 0.25) is 0 Å². The summed E-state index contributed by atoms with van der Waals surface area (Å²) in [6.45, 7) is 1.75. The Morgan fingerprint density at radius 1 is 1.67 bits per heavy atom. The van der Waals surface area contributed by atoms with Crippen LogP contribution in [0.25, 0.3) is 4.83 Å². The zero-order chi connectivity index (χ0) is 8.72. The van der Waals surface area contributed by atoms with E-state index in [1.807, 2.05) is 11.4 Å². The molecule has 2 aromatic rings. The van der Waals surface area contributed by atoms with Crippen LogP contribution in [0.2, 0.25) is 0 Å². The van der Waals surface area contributed by atoms with Crippen LogP contribution in [-0.4, -0.2) is 9.32 Å². The van der Waals surface area contributed by atoms with Gasteiger partial charge in [0.1, 0.15) is 6.20 Å². The summed E-state index contributed by atoms with van der Waals surface area (Å²) in [6.07, 6.45) is 1.71. The highest BCUT2D eigenvalue weighted by Gasteiger charge is 2.17. The van der Waals surface area contributed by atoms with Crippen molar-refractivity contribution < 1.29 is 4.92 Å². The maximum Gasteiger partial charge on any atom is 0.331 e. The van der Waals surface area contributed by atoms with E-state index in [1.165, 1.54) is 11.3 Å². The second kappa shape index (κ2) is 2.31. The third kappa shape index (κ3) is 0.831. The van der Waals surface area contributed by atoms with Crippen molar-refractivity contribution in [1.82, 2.24) is 4.40 Å². The molecule has 0 radical (unpaired) electrons. The first-order valence-corrected chi connectivity index (χ1v) is 4.27. The van der Waals surface area contributed by atoms with E-state index in [0.717, 1.165) is 4.83 Å². The third-order valence-corrected chi connectivity index (χ3v) is 2.54. The zero-order valence-corrected chi connectivity index (χ0v) is 7.17. The molecule has 0 atom stereocenters. The van der Waals surface area contributed by atoms with Crippen LogP contribution in [0.5, 0.6) is 0 Å². The number of rotatable bonds is 1. The van der Waals surface area contributed by atoms with Crippen LogP contribution in [-0.2, 0) is 0 Å². The predicted octanol–water partition coefficient (Wildman–Crippen LogP) is 2.22. The lowest BCUT2D eigenvalue weighted by molar-refractivity contribution is -0.390. The van der Waals surface area contributed by atoms with E-state index < -0.39 is 0 Å². The molecule has 0 unspecified atom stereocenters. The maximum atomic E-state index is 10.6. The summed E-state index contributed by atoms with van der Waals surface area (Å²) >= 11 is 1.50. The predicted molar refractivity (Wildman–Crippen MR) is 46.7 cm³/mol. The Morgan fingerprint density at radius 3 is 3.08 bits per heavy atom. The van der Waals surface area contributed by atoms with Gasteiger partial charge in [0, 0.05) is 17.0 Å². The van der Waals surface area contributed by atoms with Crippen molar-refractivity contribution in [2.45, 2.75) is 6.92 Å². The van der Waals surface area contributed by atoms with E-state index in [4.69, 9.17) is 0 Å². The smallest absolute Gasteiger partial charge is 0.331 e. The van der Waals surface area contributed by atoms with Crippen LogP contribution in [0.3, 0.4) is 0 Å². The molecule has 0 aliphatic heterocycles. The molecule has 0 fully saturated rings. The van der Waals surface area contributed by atoms with Gasteiger partial charge in [0.25, 0.3) is 0 Å². The molecule has 0 aromatic carbocycles.